The monoisotopic (exact) mass is 195 g/mol. The molecule has 0 aromatic rings. The van der Waals surface area contributed by atoms with Crippen LogP contribution in [0.3, 0.4) is 0 Å². The summed E-state index contributed by atoms with van der Waals surface area (Å²) >= 11 is 0. The fourth-order valence-corrected chi connectivity index (χ4v) is 3.11. The molecular formula is C13H25N. The van der Waals surface area contributed by atoms with Gasteiger partial charge >= 0.3 is 0 Å². The molecule has 1 atom stereocenters. The Morgan fingerprint density at radius 3 is 2.50 bits per heavy atom. The van der Waals surface area contributed by atoms with Crippen molar-refractivity contribution >= 4 is 0 Å². The molecule has 1 aliphatic carbocycles. The van der Waals surface area contributed by atoms with Crippen LogP contribution in [0.4, 0.5) is 0 Å². The molecule has 2 rings (SSSR count). The second kappa shape index (κ2) is 4.22. The van der Waals surface area contributed by atoms with Crippen LogP contribution in [0.1, 0.15) is 58.8 Å². The molecule has 2 fully saturated rings. The van der Waals surface area contributed by atoms with Gasteiger partial charge in [-0.25, -0.2) is 0 Å². The molecule has 1 saturated heterocycles. The smallest absolute Gasteiger partial charge is 0.00954 e. The van der Waals surface area contributed by atoms with Crippen LogP contribution in [0.25, 0.3) is 0 Å². The molecule has 2 aliphatic rings. The summed E-state index contributed by atoms with van der Waals surface area (Å²) < 4.78 is 0. The lowest BCUT2D eigenvalue weighted by Crippen LogP contribution is -2.36. The van der Waals surface area contributed by atoms with Gasteiger partial charge in [0.2, 0.25) is 0 Å². The van der Waals surface area contributed by atoms with Crippen molar-refractivity contribution in [3.05, 3.63) is 0 Å². The number of rotatable bonds is 2. The standard InChI is InChI=1S/C13H25N/c1-3-13(2)9-10-14(11-13)12-7-5-4-6-8-12/h12H,3-11H2,1-2H3. The third-order valence-corrected chi connectivity index (χ3v) is 4.53. The average molecular weight is 195 g/mol. The Kier molecular flexibility index (Phi) is 3.16. The minimum Gasteiger partial charge on any atom is -0.300 e. The van der Waals surface area contributed by atoms with Crippen LogP contribution >= 0.6 is 0 Å². The van der Waals surface area contributed by atoms with Gasteiger partial charge in [0.05, 0.1) is 0 Å². The summed E-state index contributed by atoms with van der Waals surface area (Å²) in [4.78, 5) is 2.78. The van der Waals surface area contributed by atoms with E-state index in [0.717, 1.165) is 6.04 Å². The minimum atomic E-state index is 0.636. The van der Waals surface area contributed by atoms with E-state index in [1.165, 1.54) is 58.0 Å². The van der Waals surface area contributed by atoms with E-state index in [-0.39, 0.29) is 0 Å². The summed E-state index contributed by atoms with van der Waals surface area (Å²) in [5.41, 5.74) is 0.636. The summed E-state index contributed by atoms with van der Waals surface area (Å²) in [7, 11) is 0. The van der Waals surface area contributed by atoms with Gasteiger partial charge in [0.15, 0.2) is 0 Å². The maximum Gasteiger partial charge on any atom is 0.00954 e. The fourth-order valence-electron chi connectivity index (χ4n) is 3.11. The van der Waals surface area contributed by atoms with E-state index in [9.17, 15) is 0 Å². The second-order valence-electron chi connectivity index (χ2n) is 5.68. The summed E-state index contributed by atoms with van der Waals surface area (Å²) in [6.45, 7) is 7.56. The highest BCUT2D eigenvalue weighted by Crippen LogP contribution is 2.36. The molecule has 14 heavy (non-hydrogen) atoms. The van der Waals surface area contributed by atoms with E-state index in [1.807, 2.05) is 0 Å². The zero-order chi connectivity index (χ0) is 10.0. The second-order valence-corrected chi connectivity index (χ2v) is 5.68. The van der Waals surface area contributed by atoms with E-state index < -0.39 is 0 Å². The zero-order valence-corrected chi connectivity index (χ0v) is 9.89. The quantitative estimate of drug-likeness (QED) is 0.652. The van der Waals surface area contributed by atoms with Gasteiger partial charge in [-0.1, -0.05) is 33.1 Å². The Hall–Kier alpha value is -0.0400. The van der Waals surface area contributed by atoms with Crippen LogP contribution in [0, 0.1) is 5.41 Å². The van der Waals surface area contributed by atoms with E-state index >= 15 is 0 Å². The lowest BCUT2D eigenvalue weighted by molar-refractivity contribution is 0.168. The number of hydrogen-bond donors (Lipinski definition) is 0. The van der Waals surface area contributed by atoms with Crippen LogP contribution in [-0.2, 0) is 0 Å². The van der Waals surface area contributed by atoms with Crippen molar-refractivity contribution in [2.45, 2.75) is 64.8 Å². The molecule has 0 amide bonds. The first-order valence-electron chi connectivity index (χ1n) is 6.47. The summed E-state index contributed by atoms with van der Waals surface area (Å²) in [6.07, 6.45) is 10.2. The van der Waals surface area contributed by atoms with Gasteiger partial charge < -0.3 is 0 Å². The van der Waals surface area contributed by atoms with Crippen LogP contribution in [0.5, 0.6) is 0 Å². The minimum absolute atomic E-state index is 0.636. The molecule has 0 N–H and O–H groups in total. The van der Waals surface area contributed by atoms with Gasteiger partial charge in [-0.15, -0.1) is 0 Å². The summed E-state index contributed by atoms with van der Waals surface area (Å²) in [6, 6.07) is 0.942. The van der Waals surface area contributed by atoms with Crippen molar-refractivity contribution in [2.24, 2.45) is 5.41 Å². The van der Waals surface area contributed by atoms with Gasteiger partial charge in [0.25, 0.3) is 0 Å². The molecule has 0 spiro atoms. The molecular weight excluding hydrogens is 170 g/mol. The van der Waals surface area contributed by atoms with Crippen molar-refractivity contribution in [3.8, 4) is 0 Å². The molecule has 0 aromatic carbocycles. The van der Waals surface area contributed by atoms with Crippen LogP contribution in [0.2, 0.25) is 0 Å². The Morgan fingerprint density at radius 1 is 1.21 bits per heavy atom. The lowest BCUT2D eigenvalue weighted by atomic mass is 9.87. The third kappa shape index (κ3) is 2.13. The van der Waals surface area contributed by atoms with Crippen molar-refractivity contribution in [2.75, 3.05) is 13.1 Å². The highest BCUT2D eigenvalue weighted by molar-refractivity contribution is 4.89. The van der Waals surface area contributed by atoms with E-state index in [2.05, 4.69) is 18.7 Å². The van der Waals surface area contributed by atoms with E-state index in [4.69, 9.17) is 0 Å². The predicted octanol–water partition coefficient (Wildman–Crippen LogP) is 3.44. The lowest BCUT2D eigenvalue weighted by Gasteiger charge is -2.32. The first-order valence-corrected chi connectivity index (χ1v) is 6.47. The molecule has 1 unspecified atom stereocenters. The number of hydrogen-bond acceptors (Lipinski definition) is 1. The molecule has 1 nitrogen and oxygen atoms in total. The van der Waals surface area contributed by atoms with Crippen LogP contribution in [-0.4, -0.2) is 24.0 Å². The van der Waals surface area contributed by atoms with Crippen LogP contribution in [0.15, 0.2) is 0 Å². The highest BCUT2D eigenvalue weighted by atomic mass is 15.2. The Bertz CT molecular complexity index is 184. The number of likely N-dealkylation sites (tertiary alicyclic amines) is 1. The zero-order valence-electron chi connectivity index (χ0n) is 9.89. The van der Waals surface area contributed by atoms with Crippen molar-refractivity contribution < 1.29 is 0 Å². The first-order chi connectivity index (χ1) is 6.73. The van der Waals surface area contributed by atoms with Crippen molar-refractivity contribution in [3.63, 3.8) is 0 Å². The first kappa shape index (κ1) is 10.5. The molecule has 1 heterocycles. The maximum absolute atomic E-state index is 2.78. The Balaban J connectivity index is 1.88. The molecule has 82 valence electrons. The summed E-state index contributed by atoms with van der Waals surface area (Å²) in [5.74, 6) is 0. The molecule has 0 bridgehead atoms. The Labute approximate surface area is 88.9 Å². The SMILES string of the molecule is CCC1(C)CCN(C2CCCCC2)C1. The average Bonchev–Trinajstić information content (AvgIpc) is 2.63. The molecule has 1 saturated carbocycles. The van der Waals surface area contributed by atoms with Gasteiger partial charge in [-0.05, 0) is 37.6 Å². The number of nitrogens with zero attached hydrogens (tertiary/aromatic N) is 1. The summed E-state index contributed by atoms with van der Waals surface area (Å²) in [5, 5.41) is 0. The Morgan fingerprint density at radius 2 is 1.93 bits per heavy atom. The van der Waals surface area contributed by atoms with E-state index in [0.29, 0.717) is 5.41 Å². The van der Waals surface area contributed by atoms with Crippen molar-refractivity contribution in [1.82, 2.24) is 4.90 Å². The molecule has 1 aliphatic heterocycles. The molecule has 1 heteroatoms. The largest absolute Gasteiger partial charge is 0.300 e. The fraction of sp³-hybridized carbons (Fsp3) is 1.00. The third-order valence-electron chi connectivity index (χ3n) is 4.53. The highest BCUT2D eigenvalue weighted by Gasteiger charge is 2.35. The van der Waals surface area contributed by atoms with Gasteiger partial charge in [0, 0.05) is 12.6 Å². The molecule has 0 aromatic heterocycles. The van der Waals surface area contributed by atoms with Gasteiger partial charge in [-0.3, -0.25) is 4.90 Å². The molecule has 0 radical (unpaired) electrons. The van der Waals surface area contributed by atoms with E-state index in [1.54, 1.807) is 0 Å². The normalized spacial score (nSPS) is 36.4. The van der Waals surface area contributed by atoms with Crippen LogP contribution < -0.4 is 0 Å². The van der Waals surface area contributed by atoms with Gasteiger partial charge in [0.1, 0.15) is 0 Å². The topological polar surface area (TPSA) is 3.24 Å². The maximum atomic E-state index is 2.78. The predicted molar refractivity (Wildman–Crippen MR) is 61.5 cm³/mol. The van der Waals surface area contributed by atoms with Crippen molar-refractivity contribution in [1.29, 1.82) is 0 Å². The van der Waals surface area contributed by atoms with Gasteiger partial charge in [-0.2, -0.15) is 0 Å².